The van der Waals surface area contributed by atoms with Crippen LogP contribution in [0.2, 0.25) is 10.0 Å². The highest BCUT2D eigenvalue weighted by Gasteiger charge is 2.19. The molecule has 2 aromatic rings. The Labute approximate surface area is 140 Å². The highest BCUT2D eigenvalue weighted by Crippen LogP contribution is 2.35. The first-order valence-electron chi connectivity index (χ1n) is 5.56. The van der Waals surface area contributed by atoms with E-state index in [2.05, 4.69) is 25.6 Å². The van der Waals surface area contributed by atoms with Crippen LogP contribution in [0.1, 0.15) is 5.56 Å². The van der Waals surface area contributed by atoms with E-state index >= 15 is 0 Å². The number of aliphatic hydroxyl groups is 1. The fraction of sp³-hybridized carbons (Fsp3) is 0.0833. The molecule has 0 saturated carbocycles. The second-order valence-electron chi connectivity index (χ2n) is 4.01. The average Bonchev–Trinajstić information content (AvgIpc) is 2.43. The van der Waals surface area contributed by atoms with Gasteiger partial charge < -0.3 is 5.11 Å². The molecule has 112 valence electrons. The van der Waals surface area contributed by atoms with Crippen molar-refractivity contribution in [3.8, 4) is 0 Å². The van der Waals surface area contributed by atoms with Gasteiger partial charge in [-0.2, -0.15) is 8.42 Å². The quantitative estimate of drug-likeness (QED) is 0.807. The number of aromatic nitrogens is 1. The summed E-state index contributed by atoms with van der Waals surface area (Å²) in [5.74, 6) is 0. The van der Waals surface area contributed by atoms with Gasteiger partial charge in [0.05, 0.1) is 22.3 Å². The van der Waals surface area contributed by atoms with Gasteiger partial charge in [0, 0.05) is 10.7 Å². The summed E-state index contributed by atoms with van der Waals surface area (Å²) in [4.78, 5) is 3.79. The molecule has 1 aromatic carbocycles. The molecule has 0 spiro atoms. The van der Waals surface area contributed by atoms with E-state index in [4.69, 9.17) is 28.3 Å². The van der Waals surface area contributed by atoms with E-state index in [1.165, 1.54) is 30.5 Å². The summed E-state index contributed by atoms with van der Waals surface area (Å²) in [7, 11) is -3.92. The van der Waals surface area contributed by atoms with E-state index in [0.717, 1.165) is 0 Å². The van der Waals surface area contributed by atoms with Crippen molar-refractivity contribution < 1.29 is 13.5 Å². The Kier molecular flexibility index (Phi) is 5.11. The summed E-state index contributed by atoms with van der Waals surface area (Å²) in [6, 6.07) is 5.79. The number of nitrogens with zero attached hydrogens (tertiary/aromatic N) is 1. The first-order chi connectivity index (χ1) is 9.83. The summed E-state index contributed by atoms with van der Waals surface area (Å²) < 4.78 is 27.4. The number of rotatable bonds is 4. The van der Waals surface area contributed by atoms with E-state index in [0.29, 0.717) is 10.0 Å². The number of benzene rings is 1. The fourth-order valence-electron chi connectivity index (χ4n) is 1.49. The molecule has 0 amide bonds. The molecule has 1 aromatic heterocycles. The number of anilines is 1. The number of aliphatic hydroxyl groups excluding tert-OH is 1. The predicted octanol–water partition coefficient (Wildman–Crippen LogP) is 3.44. The SMILES string of the molecule is O=S(=O)(Nc1c(Cl)cc(Br)cc1Cl)c1ccc(CO)cn1. The van der Waals surface area contributed by atoms with Crippen molar-refractivity contribution in [3.05, 3.63) is 50.5 Å². The molecule has 0 atom stereocenters. The van der Waals surface area contributed by atoms with Crippen LogP contribution in [0.15, 0.2) is 40.0 Å². The lowest BCUT2D eigenvalue weighted by Gasteiger charge is -2.11. The van der Waals surface area contributed by atoms with Crippen LogP contribution < -0.4 is 4.72 Å². The van der Waals surface area contributed by atoms with Crippen LogP contribution >= 0.6 is 39.1 Å². The standard InChI is InChI=1S/C12H9BrCl2N2O3S/c13-8-3-9(14)12(10(15)4-8)17-21(19,20)11-2-1-7(6-18)5-16-11/h1-5,17-18H,6H2. The lowest BCUT2D eigenvalue weighted by Crippen LogP contribution is -2.15. The third kappa shape index (κ3) is 3.87. The van der Waals surface area contributed by atoms with Gasteiger partial charge >= 0.3 is 0 Å². The first kappa shape index (κ1) is 16.5. The van der Waals surface area contributed by atoms with Crippen molar-refractivity contribution in [1.29, 1.82) is 0 Å². The molecule has 1 heterocycles. The molecule has 0 aliphatic heterocycles. The Hall–Kier alpha value is -0.860. The molecule has 0 fully saturated rings. The van der Waals surface area contributed by atoms with Crippen LogP contribution in [-0.2, 0) is 16.6 Å². The molecule has 0 aliphatic carbocycles. The van der Waals surface area contributed by atoms with Crippen LogP contribution in [0.4, 0.5) is 5.69 Å². The van der Waals surface area contributed by atoms with Crippen LogP contribution in [0.3, 0.4) is 0 Å². The third-order valence-corrected chi connectivity index (χ3v) is 4.82. The lowest BCUT2D eigenvalue weighted by molar-refractivity contribution is 0.281. The van der Waals surface area contributed by atoms with Crippen molar-refractivity contribution in [2.45, 2.75) is 11.6 Å². The smallest absolute Gasteiger partial charge is 0.279 e. The molecule has 0 saturated heterocycles. The number of nitrogens with one attached hydrogen (secondary N) is 1. The fourth-order valence-corrected chi connectivity index (χ4v) is 3.94. The van der Waals surface area contributed by atoms with E-state index in [1.54, 1.807) is 0 Å². The minimum Gasteiger partial charge on any atom is -0.392 e. The maximum Gasteiger partial charge on any atom is 0.279 e. The summed E-state index contributed by atoms with van der Waals surface area (Å²) in [6.45, 7) is -0.217. The number of hydrogen-bond acceptors (Lipinski definition) is 4. The minimum atomic E-state index is -3.92. The Morgan fingerprint density at radius 1 is 1.24 bits per heavy atom. The van der Waals surface area contributed by atoms with Gasteiger partial charge in [0.25, 0.3) is 10.0 Å². The monoisotopic (exact) mass is 410 g/mol. The van der Waals surface area contributed by atoms with Crippen molar-refractivity contribution >= 4 is 54.8 Å². The molecular formula is C12H9BrCl2N2O3S. The zero-order valence-corrected chi connectivity index (χ0v) is 14.3. The Morgan fingerprint density at radius 2 is 1.86 bits per heavy atom. The second-order valence-corrected chi connectivity index (χ2v) is 7.37. The van der Waals surface area contributed by atoms with E-state index < -0.39 is 10.0 Å². The van der Waals surface area contributed by atoms with E-state index in [-0.39, 0.29) is 27.4 Å². The van der Waals surface area contributed by atoms with Gasteiger partial charge in [-0.15, -0.1) is 0 Å². The lowest BCUT2D eigenvalue weighted by atomic mass is 10.3. The molecule has 2 N–H and O–H groups in total. The Morgan fingerprint density at radius 3 is 2.33 bits per heavy atom. The van der Waals surface area contributed by atoms with Crippen LogP contribution in [-0.4, -0.2) is 18.5 Å². The molecule has 0 unspecified atom stereocenters. The molecule has 21 heavy (non-hydrogen) atoms. The average molecular weight is 412 g/mol. The maximum atomic E-state index is 12.2. The van der Waals surface area contributed by atoms with Crippen molar-refractivity contribution in [3.63, 3.8) is 0 Å². The van der Waals surface area contributed by atoms with Gasteiger partial charge in [0.1, 0.15) is 0 Å². The Balaban J connectivity index is 2.37. The van der Waals surface area contributed by atoms with E-state index in [9.17, 15) is 8.42 Å². The van der Waals surface area contributed by atoms with Gasteiger partial charge in [-0.05, 0) is 23.8 Å². The van der Waals surface area contributed by atoms with Crippen molar-refractivity contribution in [2.24, 2.45) is 0 Å². The van der Waals surface area contributed by atoms with E-state index in [1.807, 2.05) is 0 Å². The highest BCUT2D eigenvalue weighted by molar-refractivity contribution is 9.10. The molecule has 0 bridgehead atoms. The van der Waals surface area contributed by atoms with Crippen LogP contribution in [0.5, 0.6) is 0 Å². The van der Waals surface area contributed by atoms with Crippen molar-refractivity contribution in [1.82, 2.24) is 4.98 Å². The van der Waals surface area contributed by atoms with Gasteiger partial charge in [0.2, 0.25) is 0 Å². The molecular weight excluding hydrogens is 403 g/mol. The summed E-state index contributed by atoms with van der Waals surface area (Å²) in [6.07, 6.45) is 1.28. The topological polar surface area (TPSA) is 79.3 Å². The largest absolute Gasteiger partial charge is 0.392 e. The molecule has 9 heteroatoms. The highest BCUT2D eigenvalue weighted by atomic mass is 79.9. The zero-order valence-electron chi connectivity index (χ0n) is 10.3. The summed E-state index contributed by atoms with van der Waals surface area (Å²) in [5, 5.41) is 9.04. The second kappa shape index (κ2) is 6.50. The Bertz CT molecular complexity index is 744. The summed E-state index contributed by atoms with van der Waals surface area (Å²) >= 11 is 15.2. The number of halogens is 3. The van der Waals surface area contributed by atoms with Crippen LogP contribution in [0.25, 0.3) is 0 Å². The van der Waals surface area contributed by atoms with Gasteiger partial charge in [-0.25, -0.2) is 4.98 Å². The zero-order chi connectivity index (χ0) is 15.6. The van der Waals surface area contributed by atoms with Gasteiger partial charge in [-0.1, -0.05) is 45.2 Å². The molecule has 2 rings (SSSR count). The minimum absolute atomic E-state index is 0.0783. The maximum absolute atomic E-state index is 12.2. The molecule has 0 aliphatic rings. The normalized spacial score (nSPS) is 11.4. The molecule has 0 radical (unpaired) electrons. The first-order valence-corrected chi connectivity index (χ1v) is 8.60. The molecule has 5 nitrogen and oxygen atoms in total. The third-order valence-electron chi connectivity index (χ3n) is 2.50. The van der Waals surface area contributed by atoms with Gasteiger partial charge in [-0.3, -0.25) is 4.72 Å². The number of hydrogen-bond donors (Lipinski definition) is 2. The van der Waals surface area contributed by atoms with Crippen molar-refractivity contribution in [2.75, 3.05) is 4.72 Å². The predicted molar refractivity (Wildman–Crippen MR) is 85.1 cm³/mol. The van der Waals surface area contributed by atoms with Crippen LogP contribution in [0, 0.1) is 0 Å². The number of pyridine rings is 1. The summed E-state index contributed by atoms with van der Waals surface area (Å²) in [5.41, 5.74) is 0.586. The van der Waals surface area contributed by atoms with Gasteiger partial charge in [0.15, 0.2) is 5.03 Å². The number of sulfonamides is 1.